The van der Waals surface area contributed by atoms with Gasteiger partial charge in [0, 0.05) is 50.3 Å². The molecule has 2 N–H and O–H groups in total. The SMILES string of the molecule is COCCN(CCOC)c1ccnc2cc(N)ccc12. The number of anilines is 2. The maximum atomic E-state index is 5.82. The predicted molar refractivity (Wildman–Crippen MR) is 82.1 cm³/mol. The molecule has 0 saturated carbocycles. The summed E-state index contributed by atoms with van der Waals surface area (Å²) < 4.78 is 10.4. The van der Waals surface area contributed by atoms with E-state index in [0.717, 1.165) is 35.4 Å². The molecule has 108 valence electrons. The highest BCUT2D eigenvalue weighted by Crippen LogP contribution is 2.26. The molecule has 1 aromatic carbocycles. The Labute approximate surface area is 119 Å². The molecule has 0 spiro atoms. The van der Waals surface area contributed by atoms with Gasteiger partial charge >= 0.3 is 0 Å². The summed E-state index contributed by atoms with van der Waals surface area (Å²) in [5.74, 6) is 0. The Morgan fingerprint density at radius 1 is 1.10 bits per heavy atom. The van der Waals surface area contributed by atoms with Gasteiger partial charge in [-0.1, -0.05) is 0 Å². The zero-order valence-electron chi connectivity index (χ0n) is 12.0. The van der Waals surface area contributed by atoms with Gasteiger partial charge in [0.05, 0.1) is 18.7 Å². The Hall–Kier alpha value is -1.85. The average Bonchev–Trinajstić information content (AvgIpc) is 2.47. The van der Waals surface area contributed by atoms with Crippen molar-refractivity contribution in [2.75, 3.05) is 51.2 Å². The molecule has 0 saturated heterocycles. The van der Waals surface area contributed by atoms with Gasteiger partial charge in [0.2, 0.25) is 0 Å². The second-order valence-electron chi connectivity index (χ2n) is 4.58. The Balaban J connectivity index is 2.35. The van der Waals surface area contributed by atoms with Gasteiger partial charge in [0.1, 0.15) is 0 Å². The van der Waals surface area contributed by atoms with Crippen LogP contribution < -0.4 is 10.6 Å². The van der Waals surface area contributed by atoms with Crippen LogP contribution in [0.5, 0.6) is 0 Å². The third-order valence-electron chi connectivity index (χ3n) is 3.22. The molecular formula is C15H21N3O2. The van der Waals surface area contributed by atoms with Crippen molar-refractivity contribution in [2.24, 2.45) is 0 Å². The van der Waals surface area contributed by atoms with Crippen LogP contribution in [0, 0.1) is 0 Å². The average molecular weight is 275 g/mol. The number of nitrogens with two attached hydrogens (primary N) is 1. The second kappa shape index (κ2) is 7.07. The molecule has 1 aromatic heterocycles. The number of methoxy groups -OCH3 is 2. The molecule has 0 amide bonds. The van der Waals surface area contributed by atoms with Crippen LogP contribution >= 0.6 is 0 Å². The summed E-state index contributed by atoms with van der Waals surface area (Å²) in [4.78, 5) is 6.62. The van der Waals surface area contributed by atoms with Gasteiger partial charge < -0.3 is 20.1 Å². The first-order chi connectivity index (χ1) is 9.76. The lowest BCUT2D eigenvalue weighted by atomic mass is 10.1. The topological polar surface area (TPSA) is 60.6 Å². The molecule has 0 aliphatic rings. The van der Waals surface area contributed by atoms with Crippen LogP contribution in [0.2, 0.25) is 0 Å². The molecule has 2 aromatic rings. The van der Waals surface area contributed by atoms with E-state index in [2.05, 4.69) is 9.88 Å². The highest BCUT2D eigenvalue weighted by molar-refractivity contribution is 5.93. The van der Waals surface area contributed by atoms with Gasteiger partial charge in [-0.3, -0.25) is 4.98 Å². The summed E-state index contributed by atoms with van der Waals surface area (Å²) in [6.45, 7) is 2.96. The molecule has 5 nitrogen and oxygen atoms in total. The number of pyridine rings is 1. The van der Waals surface area contributed by atoms with Gasteiger partial charge in [-0.15, -0.1) is 0 Å². The van der Waals surface area contributed by atoms with Crippen LogP contribution in [0.4, 0.5) is 11.4 Å². The van der Waals surface area contributed by atoms with Crippen molar-refractivity contribution in [3.8, 4) is 0 Å². The van der Waals surface area contributed by atoms with Crippen molar-refractivity contribution in [3.05, 3.63) is 30.5 Å². The van der Waals surface area contributed by atoms with E-state index in [4.69, 9.17) is 15.2 Å². The fraction of sp³-hybridized carbons (Fsp3) is 0.400. The summed E-state index contributed by atoms with van der Waals surface area (Å²) in [7, 11) is 3.42. The fourth-order valence-electron chi connectivity index (χ4n) is 2.18. The quantitative estimate of drug-likeness (QED) is 0.782. The molecule has 1 heterocycles. The Morgan fingerprint density at radius 2 is 1.80 bits per heavy atom. The Morgan fingerprint density at radius 3 is 2.45 bits per heavy atom. The van der Waals surface area contributed by atoms with E-state index in [1.165, 1.54) is 0 Å². The zero-order valence-corrected chi connectivity index (χ0v) is 12.0. The Bertz CT molecular complexity index is 552. The first-order valence-corrected chi connectivity index (χ1v) is 6.63. The number of benzene rings is 1. The van der Waals surface area contributed by atoms with Crippen LogP contribution in [-0.2, 0) is 9.47 Å². The second-order valence-corrected chi connectivity index (χ2v) is 4.58. The number of aromatic nitrogens is 1. The molecule has 5 heteroatoms. The van der Waals surface area contributed by atoms with Crippen LogP contribution in [0.1, 0.15) is 0 Å². The number of hydrogen-bond donors (Lipinski definition) is 1. The van der Waals surface area contributed by atoms with Crippen molar-refractivity contribution in [3.63, 3.8) is 0 Å². The predicted octanol–water partition coefficient (Wildman–Crippen LogP) is 1.92. The first-order valence-electron chi connectivity index (χ1n) is 6.63. The number of ether oxygens (including phenoxy) is 2. The summed E-state index contributed by atoms with van der Waals surface area (Å²) in [5.41, 5.74) is 8.58. The Kier molecular flexibility index (Phi) is 5.15. The lowest BCUT2D eigenvalue weighted by Gasteiger charge is -2.25. The van der Waals surface area contributed by atoms with Crippen molar-refractivity contribution in [2.45, 2.75) is 0 Å². The molecule has 2 rings (SSSR count). The third kappa shape index (κ3) is 3.37. The van der Waals surface area contributed by atoms with Gasteiger partial charge in [-0.25, -0.2) is 0 Å². The number of rotatable bonds is 7. The minimum atomic E-state index is 0.669. The zero-order chi connectivity index (χ0) is 14.4. The molecule has 0 radical (unpaired) electrons. The van der Waals surface area contributed by atoms with E-state index in [1.807, 2.05) is 30.5 Å². The lowest BCUT2D eigenvalue weighted by Crippen LogP contribution is -2.30. The highest BCUT2D eigenvalue weighted by Gasteiger charge is 2.10. The van der Waals surface area contributed by atoms with E-state index in [0.29, 0.717) is 13.2 Å². The smallest absolute Gasteiger partial charge is 0.0743 e. The number of hydrogen-bond acceptors (Lipinski definition) is 5. The maximum Gasteiger partial charge on any atom is 0.0743 e. The normalized spacial score (nSPS) is 10.9. The van der Waals surface area contributed by atoms with E-state index < -0.39 is 0 Å². The van der Waals surface area contributed by atoms with Crippen LogP contribution in [0.15, 0.2) is 30.5 Å². The fourth-order valence-corrected chi connectivity index (χ4v) is 2.18. The molecule has 0 aliphatic carbocycles. The van der Waals surface area contributed by atoms with E-state index in [-0.39, 0.29) is 0 Å². The minimum absolute atomic E-state index is 0.669. The standard InChI is InChI=1S/C15H21N3O2/c1-19-9-7-18(8-10-20-2)15-5-6-17-14-11-12(16)3-4-13(14)15/h3-6,11H,7-10,16H2,1-2H3. The van der Waals surface area contributed by atoms with Crippen molar-refractivity contribution >= 4 is 22.3 Å². The monoisotopic (exact) mass is 275 g/mol. The van der Waals surface area contributed by atoms with Crippen LogP contribution in [0.25, 0.3) is 10.9 Å². The molecule has 0 aliphatic heterocycles. The van der Waals surface area contributed by atoms with E-state index >= 15 is 0 Å². The molecule has 0 bridgehead atoms. The minimum Gasteiger partial charge on any atom is -0.399 e. The first kappa shape index (κ1) is 14.6. The van der Waals surface area contributed by atoms with Gasteiger partial charge in [-0.2, -0.15) is 0 Å². The molecule has 0 atom stereocenters. The molecule has 20 heavy (non-hydrogen) atoms. The third-order valence-corrected chi connectivity index (χ3v) is 3.22. The number of nitrogens with zero attached hydrogens (tertiary/aromatic N) is 2. The summed E-state index contributed by atoms with van der Waals surface area (Å²) in [5, 5.41) is 1.09. The van der Waals surface area contributed by atoms with Gasteiger partial charge in [0.25, 0.3) is 0 Å². The molecular weight excluding hydrogens is 254 g/mol. The number of fused-ring (bicyclic) bond motifs is 1. The summed E-state index contributed by atoms with van der Waals surface area (Å²) in [6.07, 6.45) is 1.81. The van der Waals surface area contributed by atoms with Gasteiger partial charge in [0.15, 0.2) is 0 Å². The number of nitrogen functional groups attached to an aromatic ring is 1. The summed E-state index contributed by atoms with van der Waals surface area (Å²) in [6, 6.07) is 7.82. The maximum absolute atomic E-state index is 5.82. The van der Waals surface area contributed by atoms with Crippen molar-refractivity contribution in [1.29, 1.82) is 0 Å². The molecule has 0 unspecified atom stereocenters. The van der Waals surface area contributed by atoms with Crippen molar-refractivity contribution < 1.29 is 9.47 Å². The van der Waals surface area contributed by atoms with Crippen molar-refractivity contribution in [1.82, 2.24) is 4.98 Å². The van der Waals surface area contributed by atoms with E-state index in [1.54, 1.807) is 14.2 Å². The summed E-state index contributed by atoms with van der Waals surface area (Å²) >= 11 is 0. The molecule has 0 fully saturated rings. The largest absolute Gasteiger partial charge is 0.399 e. The lowest BCUT2D eigenvalue weighted by molar-refractivity contribution is 0.190. The van der Waals surface area contributed by atoms with Crippen LogP contribution in [-0.4, -0.2) is 45.5 Å². The van der Waals surface area contributed by atoms with E-state index in [9.17, 15) is 0 Å². The highest BCUT2D eigenvalue weighted by atomic mass is 16.5. The van der Waals surface area contributed by atoms with Gasteiger partial charge in [-0.05, 0) is 24.3 Å². The van der Waals surface area contributed by atoms with Crippen LogP contribution in [0.3, 0.4) is 0 Å².